The van der Waals surface area contributed by atoms with Crippen molar-refractivity contribution in [3.8, 4) is 0 Å². The number of carbonyl (C=O) groups excluding carboxylic acids is 3. The van der Waals surface area contributed by atoms with Gasteiger partial charge in [-0.05, 0) is 70.1 Å². The van der Waals surface area contributed by atoms with Crippen LogP contribution in [-0.2, 0) is 20.9 Å². The molecule has 0 radical (unpaired) electrons. The zero-order valence-corrected chi connectivity index (χ0v) is 20.7. The fraction of sp³-hybridized carbons (Fsp3) is 0.640. The third-order valence-corrected chi connectivity index (χ3v) is 7.27. The largest absolute Gasteiger partial charge is 0.444 e. The van der Waals surface area contributed by atoms with Crippen molar-refractivity contribution in [1.29, 1.82) is 0 Å². The van der Waals surface area contributed by atoms with Crippen molar-refractivity contribution in [2.45, 2.75) is 77.1 Å². The highest BCUT2D eigenvalue weighted by Crippen LogP contribution is 2.38. The third kappa shape index (κ3) is 4.84. The number of halogens is 1. The summed E-state index contributed by atoms with van der Waals surface area (Å²) in [5.41, 5.74) is -0.773. The molecule has 3 fully saturated rings. The second kappa shape index (κ2) is 8.82. The molecule has 0 aromatic heterocycles. The number of hydrogen-bond acceptors (Lipinski definition) is 4. The van der Waals surface area contributed by atoms with Crippen molar-refractivity contribution in [1.82, 2.24) is 14.7 Å². The van der Waals surface area contributed by atoms with Crippen molar-refractivity contribution in [3.05, 3.63) is 34.9 Å². The zero-order valence-electron chi connectivity index (χ0n) is 20.0. The van der Waals surface area contributed by atoms with Crippen LogP contribution in [0.5, 0.6) is 0 Å². The van der Waals surface area contributed by atoms with Gasteiger partial charge in [0.25, 0.3) is 5.91 Å². The minimum Gasteiger partial charge on any atom is -0.444 e. The van der Waals surface area contributed by atoms with Crippen LogP contribution in [0.3, 0.4) is 0 Å². The van der Waals surface area contributed by atoms with E-state index in [1.54, 1.807) is 21.9 Å². The van der Waals surface area contributed by atoms with E-state index in [0.717, 1.165) is 31.2 Å². The van der Waals surface area contributed by atoms with E-state index >= 15 is 0 Å². The van der Waals surface area contributed by atoms with E-state index in [4.69, 9.17) is 16.3 Å². The Morgan fingerprint density at radius 3 is 2.27 bits per heavy atom. The van der Waals surface area contributed by atoms with E-state index in [-0.39, 0.29) is 37.5 Å². The van der Waals surface area contributed by atoms with Crippen LogP contribution in [0.2, 0.25) is 5.02 Å². The van der Waals surface area contributed by atoms with Gasteiger partial charge in [0.15, 0.2) is 5.54 Å². The first-order valence-corrected chi connectivity index (χ1v) is 12.2. The van der Waals surface area contributed by atoms with Gasteiger partial charge in [-0.15, -0.1) is 0 Å². The number of likely N-dealkylation sites (tertiary alicyclic amines) is 1. The molecule has 0 unspecified atom stereocenters. The molecule has 0 N–H and O–H groups in total. The molecule has 0 atom stereocenters. The lowest BCUT2D eigenvalue weighted by molar-refractivity contribution is -0.181. The Hall–Kier alpha value is -2.28. The van der Waals surface area contributed by atoms with Gasteiger partial charge in [-0.1, -0.05) is 30.7 Å². The monoisotopic (exact) mass is 475 g/mol. The second-order valence-corrected chi connectivity index (χ2v) is 11.3. The van der Waals surface area contributed by atoms with Gasteiger partial charge in [0.2, 0.25) is 5.91 Å². The van der Waals surface area contributed by atoms with Gasteiger partial charge < -0.3 is 19.4 Å². The molecule has 3 amide bonds. The maximum atomic E-state index is 13.9. The molecule has 1 spiro atoms. The van der Waals surface area contributed by atoms with Crippen molar-refractivity contribution >= 4 is 29.5 Å². The molecule has 4 rings (SSSR count). The Balaban J connectivity index is 1.58. The van der Waals surface area contributed by atoms with E-state index in [1.165, 1.54) is 4.90 Å². The molecule has 0 bridgehead atoms. The summed E-state index contributed by atoms with van der Waals surface area (Å²) < 4.78 is 5.50. The Morgan fingerprint density at radius 1 is 1.09 bits per heavy atom. The zero-order chi connectivity index (χ0) is 24.0. The summed E-state index contributed by atoms with van der Waals surface area (Å²) in [6.07, 6.45) is 3.51. The first-order chi connectivity index (χ1) is 15.5. The van der Waals surface area contributed by atoms with Crippen LogP contribution in [0.25, 0.3) is 0 Å². The topological polar surface area (TPSA) is 70.2 Å². The molecule has 8 heteroatoms. The Bertz CT molecular complexity index is 913. The Labute approximate surface area is 201 Å². The molecule has 1 aromatic rings. The lowest BCUT2D eigenvalue weighted by atomic mass is 9.80. The molecule has 3 aliphatic rings. The van der Waals surface area contributed by atoms with Crippen LogP contribution in [0, 0.1) is 5.92 Å². The summed E-state index contributed by atoms with van der Waals surface area (Å²) in [6.45, 7) is 8.38. The molecular formula is C25H34ClN3O4. The molecular weight excluding hydrogens is 442 g/mol. The van der Waals surface area contributed by atoms with E-state index in [1.807, 2.05) is 32.9 Å². The minimum absolute atomic E-state index is 0.0459. The van der Waals surface area contributed by atoms with E-state index in [0.29, 0.717) is 17.5 Å². The van der Waals surface area contributed by atoms with Crippen molar-refractivity contribution in [2.75, 3.05) is 19.6 Å². The molecule has 2 aliphatic heterocycles. The molecule has 1 aromatic carbocycles. The molecule has 33 heavy (non-hydrogen) atoms. The van der Waals surface area contributed by atoms with E-state index in [2.05, 4.69) is 6.92 Å². The maximum absolute atomic E-state index is 13.9. The second-order valence-electron chi connectivity index (χ2n) is 10.8. The summed E-state index contributed by atoms with van der Waals surface area (Å²) in [7, 11) is 0. The van der Waals surface area contributed by atoms with E-state index < -0.39 is 17.2 Å². The third-order valence-electron chi connectivity index (χ3n) is 7.02. The molecule has 1 saturated carbocycles. The van der Waals surface area contributed by atoms with Crippen LogP contribution in [0.4, 0.5) is 4.79 Å². The van der Waals surface area contributed by atoms with Gasteiger partial charge in [-0.2, -0.15) is 0 Å². The maximum Gasteiger partial charge on any atom is 0.410 e. The predicted octanol–water partition coefficient (Wildman–Crippen LogP) is 4.08. The fourth-order valence-electron chi connectivity index (χ4n) is 5.13. The van der Waals surface area contributed by atoms with Gasteiger partial charge in [-0.3, -0.25) is 9.59 Å². The standard InChI is InChI=1S/C25H34ClN3O4/c1-17-5-11-20(12-6-17)28-14-21(30)29(13-18-7-9-19(26)10-8-18)25(22(28)31)15-27(16-25)23(32)33-24(2,3)4/h7-10,17,20H,5-6,11-16H2,1-4H3/t17-,20-. The molecule has 2 heterocycles. The number of nitrogens with zero attached hydrogens (tertiary/aromatic N) is 3. The average Bonchev–Trinajstić information content (AvgIpc) is 2.70. The van der Waals surface area contributed by atoms with Crippen molar-refractivity contribution in [2.24, 2.45) is 5.92 Å². The summed E-state index contributed by atoms with van der Waals surface area (Å²) in [5.74, 6) is 0.529. The summed E-state index contributed by atoms with van der Waals surface area (Å²) >= 11 is 6.02. The lowest BCUT2D eigenvalue weighted by Crippen LogP contribution is -2.81. The number of rotatable bonds is 3. The van der Waals surface area contributed by atoms with Crippen molar-refractivity contribution in [3.63, 3.8) is 0 Å². The normalized spacial score (nSPS) is 25.3. The molecule has 7 nitrogen and oxygen atoms in total. The lowest BCUT2D eigenvalue weighted by Gasteiger charge is -2.58. The Morgan fingerprint density at radius 2 is 1.70 bits per heavy atom. The van der Waals surface area contributed by atoms with Crippen LogP contribution < -0.4 is 0 Å². The van der Waals surface area contributed by atoms with Crippen LogP contribution in [-0.4, -0.2) is 69.4 Å². The number of benzene rings is 1. The SMILES string of the molecule is CC(C)(C)OC(=O)N1CC2(C1)C(=O)N([C@H]1CC[C@H](C)CC1)CC(=O)N2Cc1ccc(Cl)cc1. The quantitative estimate of drug-likeness (QED) is 0.660. The van der Waals surface area contributed by atoms with Crippen LogP contribution >= 0.6 is 11.6 Å². The molecule has 1 aliphatic carbocycles. The van der Waals surface area contributed by atoms with Gasteiger partial charge >= 0.3 is 6.09 Å². The van der Waals surface area contributed by atoms with Gasteiger partial charge in [0.05, 0.1) is 13.1 Å². The van der Waals surface area contributed by atoms with Gasteiger partial charge in [0.1, 0.15) is 12.1 Å². The smallest absolute Gasteiger partial charge is 0.410 e. The highest BCUT2D eigenvalue weighted by molar-refractivity contribution is 6.30. The van der Waals surface area contributed by atoms with Crippen LogP contribution in [0.15, 0.2) is 24.3 Å². The highest BCUT2D eigenvalue weighted by Gasteiger charge is 2.61. The first-order valence-electron chi connectivity index (χ1n) is 11.8. The number of ether oxygens (including phenoxy) is 1. The van der Waals surface area contributed by atoms with E-state index in [9.17, 15) is 14.4 Å². The number of amides is 3. The summed E-state index contributed by atoms with van der Waals surface area (Å²) in [6, 6.07) is 7.38. The number of piperazine rings is 1. The molecule has 2 saturated heterocycles. The highest BCUT2D eigenvalue weighted by atomic mass is 35.5. The van der Waals surface area contributed by atoms with Crippen LogP contribution in [0.1, 0.15) is 58.9 Å². The predicted molar refractivity (Wildman–Crippen MR) is 126 cm³/mol. The summed E-state index contributed by atoms with van der Waals surface area (Å²) in [5, 5.41) is 0.618. The number of hydrogen-bond donors (Lipinski definition) is 0. The van der Waals surface area contributed by atoms with Gasteiger partial charge in [-0.25, -0.2) is 4.79 Å². The molecule has 180 valence electrons. The van der Waals surface area contributed by atoms with Crippen molar-refractivity contribution < 1.29 is 19.1 Å². The first kappa shape index (κ1) is 23.9. The number of carbonyl (C=O) groups is 3. The minimum atomic E-state index is -1.05. The summed E-state index contributed by atoms with van der Waals surface area (Å²) in [4.78, 5) is 44.9. The Kier molecular flexibility index (Phi) is 6.38. The van der Waals surface area contributed by atoms with Gasteiger partial charge in [0, 0.05) is 17.6 Å². The average molecular weight is 476 g/mol. The fourth-order valence-corrected chi connectivity index (χ4v) is 5.26.